The standard InChI is InChI=1S/C19H20N12/c20-16-14(17(21)29-28-16)26-24-12-5-1-10(2-6-12)9-11-3-7-13(8-4-11)25-27-15-18(22)30-31-19(15)23/h1-8H,9H2,(H5,20,21,28,29)(H5,22,23,30,31)/b26-24+,27-25+. The van der Waals surface area contributed by atoms with Crippen molar-refractivity contribution >= 4 is 46.0 Å². The number of H-pyrrole nitrogens is 2. The van der Waals surface area contributed by atoms with Crippen molar-refractivity contribution in [1.82, 2.24) is 20.4 Å². The third-order valence-electron chi connectivity index (χ3n) is 4.40. The number of anilines is 4. The van der Waals surface area contributed by atoms with Gasteiger partial charge in [-0.15, -0.1) is 10.2 Å². The molecule has 0 saturated carbocycles. The van der Waals surface area contributed by atoms with Gasteiger partial charge >= 0.3 is 0 Å². The zero-order chi connectivity index (χ0) is 21.8. The Kier molecular flexibility index (Phi) is 5.26. The lowest BCUT2D eigenvalue weighted by Gasteiger charge is -2.03. The Morgan fingerprint density at radius 1 is 0.581 bits per heavy atom. The molecule has 0 amide bonds. The molecule has 0 unspecified atom stereocenters. The molecule has 2 aromatic heterocycles. The molecule has 0 saturated heterocycles. The molecule has 2 heterocycles. The third-order valence-corrected chi connectivity index (χ3v) is 4.40. The summed E-state index contributed by atoms with van der Waals surface area (Å²) < 4.78 is 0. The van der Waals surface area contributed by atoms with Crippen LogP contribution in [0.2, 0.25) is 0 Å². The van der Waals surface area contributed by atoms with E-state index in [0.717, 1.165) is 17.5 Å². The van der Waals surface area contributed by atoms with E-state index in [4.69, 9.17) is 22.9 Å². The molecule has 0 spiro atoms. The highest BCUT2D eigenvalue weighted by molar-refractivity contribution is 5.70. The van der Waals surface area contributed by atoms with Gasteiger partial charge in [0, 0.05) is 0 Å². The van der Waals surface area contributed by atoms with Crippen molar-refractivity contribution in [2.45, 2.75) is 6.42 Å². The molecule has 0 aliphatic rings. The van der Waals surface area contributed by atoms with E-state index in [-0.39, 0.29) is 23.3 Å². The van der Waals surface area contributed by atoms with E-state index < -0.39 is 0 Å². The maximum Gasteiger partial charge on any atom is 0.175 e. The van der Waals surface area contributed by atoms with Gasteiger partial charge in [-0.2, -0.15) is 20.4 Å². The lowest BCUT2D eigenvalue weighted by molar-refractivity contribution is 1.11. The highest BCUT2D eigenvalue weighted by Gasteiger charge is 2.07. The van der Waals surface area contributed by atoms with Gasteiger partial charge in [-0.05, 0) is 41.8 Å². The number of aromatic amines is 2. The Bertz CT molecular complexity index is 1100. The minimum atomic E-state index is 0.206. The highest BCUT2D eigenvalue weighted by atomic mass is 15.3. The number of azo groups is 2. The summed E-state index contributed by atoms with van der Waals surface area (Å²) in [5.41, 5.74) is 27.0. The van der Waals surface area contributed by atoms with E-state index in [9.17, 15) is 0 Å². The van der Waals surface area contributed by atoms with Crippen LogP contribution in [0.15, 0.2) is 69.0 Å². The van der Waals surface area contributed by atoms with Gasteiger partial charge in [-0.1, -0.05) is 24.3 Å². The molecule has 10 N–H and O–H groups in total. The molecule has 0 bridgehead atoms. The van der Waals surface area contributed by atoms with Gasteiger partial charge in [-0.25, -0.2) is 0 Å². The quantitative estimate of drug-likeness (QED) is 0.256. The van der Waals surface area contributed by atoms with Crippen LogP contribution in [-0.2, 0) is 6.42 Å². The molecule has 2 aromatic carbocycles. The van der Waals surface area contributed by atoms with Crippen LogP contribution in [0.1, 0.15) is 11.1 Å². The molecule has 12 nitrogen and oxygen atoms in total. The van der Waals surface area contributed by atoms with Gasteiger partial charge < -0.3 is 22.9 Å². The Morgan fingerprint density at radius 2 is 0.968 bits per heavy atom. The van der Waals surface area contributed by atoms with Crippen LogP contribution in [0.3, 0.4) is 0 Å². The van der Waals surface area contributed by atoms with Crippen LogP contribution < -0.4 is 22.9 Å². The lowest BCUT2D eigenvalue weighted by atomic mass is 10.0. The Balaban J connectivity index is 1.39. The number of nitrogens with zero attached hydrogens (tertiary/aromatic N) is 6. The zero-order valence-corrected chi connectivity index (χ0v) is 16.3. The molecular formula is C19H20N12. The van der Waals surface area contributed by atoms with Crippen LogP contribution in [0.25, 0.3) is 0 Å². The number of nitrogen functional groups attached to an aromatic ring is 4. The normalized spacial score (nSPS) is 11.6. The Hall–Kier alpha value is -4.74. The van der Waals surface area contributed by atoms with Crippen molar-refractivity contribution in [1.29, 1.82) is 0 Å². The minimum Gasteiger partial charge on any atom is -0.382 e. The fourth-order valence-corrected chi connectivity index (χ4v) is 2.75. The number of aromatic nitrogens is 4. The smallest absolute Gasteiger partial charge is 0.175 e. The Labute approximate surface area is 176 Å². The van der Waals surface area contributed by atoms with Crippen LogP contribution in [0, 0.1) is 0 Å². The van der Waals surface area contributed by atoms with Gasteiger partial charge in [0.15, 0.2) is 23.0 Å². The molecule has 12 heteroatoms. The molecule has 0 fully saturated rings. The highest BCUT2D eigenvalue weighted by Crippen LogP contribution is 2.29. The topological polar surface area (TPSA) is 211 Å². The number of nitrogens with two attached hydrogens (primary N) is 4. The molecule has 0 aliphatic heterocycles. The van der Waals surface area contributed by atoms with Crippen molar-refractivity contribution in [3.05, 3.63) is 59.7 Å². The molecule has 4 aromatic rings. The van der Waals surface area contributed by atoms with Crippen LogP contribution in [-0.4, -0.2) is 20.4 Å². The van der Waals surface area contributed by atoms with Gasteiger partial charge in [0.25, 0.3) is 0 Å². The predicted octanol–water partition coefficient (Wildman–Crippen LogP) is 3.88. The van der Waals surface area contributed by atoms with E-state index in [0.29, 0.717) is 22.7 Å². The lowest BCUT2D eigenvalue weighted by Crippen LogP contribution is -1.87. The fraction of sp³-hybridized carbons (Fsp3) is 0.0526. The maximum atomic E-state index is 5.70. The first-order valence-corrected chi connectivity index (χ1v) is 9.19. The summed E-state index contributed by atoms with van der Waals surface area (Å²) in [5.74, 6) is 0.963. The number of benzene rings is 2. The first kappa shape index (κ1) is 19.6. The number of hydrogen-bond acceptors (Lipinski definition) is 10. The van der Waals surface area contributed by atoms with Crippen molar-refractivity contribution in [2.75, 3.05) is 22.9 Å². The summed E-state index contributed by atoms with van der Waals surface area (Å²) in [7, 11) is 0. The summed E-state index contributed by atoms with van der Waals surface area (Å²) in [4.78, 5) is 0. The number of hydrogen-bond donors (Lipinski definition) is 6. The van der Waals surface area contributed by atoms with Crippen molar-refractivity contribution in [3.8, 4) is 0 Å². The molecule has 4 rings (SSSR count). The first-order valence-electron chi connectivity index (χ1n) is 9.19. The molecular weight excluding hydrogens is 396 g/mol. The largest absolute Gasteiger partial charge is 0.382 e. The summed E-state index contributed by atoms with van der Waals surface area (Å²) in [6.07, 6.45) is 0.748. The van der Waals surface area contributed by atoms with Crippen LogP contribution >= 0.6 is 0 Å². The summed E-state index contributed by atoms with van der Waals surface area (Å²) in [5, 5.41) is 29.0. The Morgan fingerprint density at radius 3 is 1.29 bits per heavy atom. The fourth-order valence-electron chi connectivity index (χ4n) is 2.75. The second-order valence-electron chi connectivity index (χ2n) is 6.65. The number of rotatable bonds is 6. The monoisotopic (exact) mass is 416 g/mol. The second-order valence-corrected chi connectivity index (χ2v) is 6.65. The summed E-state index contributed by atoms with van der Waals surface area (Å²) in [6, 6.07) is 15.4. The average Bonchev–Trinajstić information content (AvgIpc) is 3.27. The van der Waals surface area contributed by atoms with Crippen molar-refractivity contribution < 1.29 is 0 Å². The van der Waals surface area contributed by atoms with Gasteiger partial charge in [0.1, 0.15) is 11.6 Å². The average molecular weight is 416 g/mol. The molecule has 0 atom stereocenters. The van der Waals surface area contributed by atoms with Crippen molar-refractivity contribution in [2.24, 2.45) is 20.5 Å². The van der Waals surface area contributed by atoms with E-state index in [2.05, 4.69) is 40.9 Å². The van der Waals surface area contributed by atoms with Crippen LogP contribution in [0.5, 0.6) is 0 Å². The number of nitrogens with one attached hydrogen (secondary N) is 2. The SMILES string of the molecule is Nc1n[nH]c(N)c1/N=N/c1ccc(Cc2ccc(/N=N/c3c(N)n[nH]c3N)cc2)cc1. The van der Waals surface area contributed by atoms with Gasteiger partial charge in [-0.3, -0.25) is 10.2 Å². The molecule has 156 valence electrons. The van der Waals surface area contributed by atoms with Crippen LogP contribution in [0.4, 0.5) is 46.0 Å². The minimum absolute atomic E-state index is 0.206. The molecule has 0 radical (unpaired) electrons. The predicted molar refractivity (Wildman–Crippen MR) is 119 cm³/mol. The van der Waals surface area contributed by atoms with E-state index >= 15 is 0 Å². The van der Waals surface area contributed by atoms with Gasteiger partial charge in [0.05, 0.1) is 11.4 Å². The zero-order valence-electron chi connectivity index (χ0n) is 16.3. The van der Waals surface area contributed by atoms with E-state index in [1.165, 1.54) is 0 Å². The molecule has 0 aliphatic carbocycles. The molecule has 31 heavy (non-hydrogen) atoms. The van der Waals surface area contributed by atoms with Gasteiger partial charge in [0.2, 0.25) is 0 Å². The van der Waals surface area contributed by atoms with E-state index in [1.54, 1.807) is 0 Å². The second kappa shape index (κ2) is 8.32. The maximum absolute atomic E-state index is 5.70. The van der Waals surface area contributed by atoms with E-state index in [1.807, 2.05) is 48.5 Å². The third kappa shape index (κ3) is 4.48. The van der Waals surface area contributed by atoms with Crippen molar-refractivity contribution in [3.63, 3.8) is 0 Å². The summed E-state index contributed by atoms with van der Waals surface area (Å²) >= 11 is 0. The summed E-state index contributed by atoms with van der Waals surface area (Å²) in [6.45, 7) is 0. The first-order chi connectivity index (χ1) is 15.0.